The van der Waals surface area contributed by atoms with E-state index < -0.39 is 18.1 Å². The van der Waals surface area contributed by atoms with Gasteiger partial charge in [-0.3, -0.25) is 9.59 Å². The van der Waals surface area contributed by atoms with Crippen LogP contribution >= 0.6 is 0 Å². The van der Waals surface area contributed by atoms with Crippen LogP contribution in [0.4, 0.5) is 5.69 Å². The Labute approximate surface area is 104 Å². The van der Waals surface area contributed by atoms with Crippen LogP contribution in [0.15, 0.2) is 18.2 Å². The number of rotatable bonds is 3. The van der Waals surface area contributed by atoms with Crippen LogP contribution in [-0.4, -0.2) is 17.9 Å². The van der Waals surface area contributed by atoms with E-state index in [1.54, 1.807) is 25.1 Å². The topological polar surface area (TPSA) is 107 Å². The van der Waals surface area contributed by atoms with E-state index in [0.29, 0.717) is 11.4 Å². The Hall–Kier alpha value is -2.08. The van der Waals surface area contributed by atoms with E-state index in [1.807, 2.05) is 0 Å². The molecule has 1 aliphatic heterocycles. The Morgan fingerprint density at radius 3 is 2.94 bits per heavy atom. The summed E-state index contributed by atoms with van der Waals surface area (Å²) < 4.78 is 5.42. The van der Waals surface area contributed by atoms with Crippen molar-refractivity contribution in [2.45, 2.75) is 25.5 Å². The van der Waals surface area contributed by atoms with Gasteiger partial charge in [-0.15, -0.1) is 0 Å². The van der Waals surface area contributed by atoms with Gasteiger partial charge in [-0.05, 0) is 24.6 Å². The molecular weight excluding hydrogens is 234 g/mol. The van der Waals surface area contributed by atoms with Crippen molar-refractivity contribution in [1.29, 1.82) is 0 Å². The predicted octanol–water partition coefficient (Wildman–Crippen LogP) is 0.281. The Morgan fingerprint density at radius 2 is 2.28 bits per heavy atom. The summed E-state index contributed by atoms with van der Waals surface area (Å²) in [6, 6.07) is 4.70. The molecule has 0 radical (unpaired) electrons. The number of fused-ring (bicyclic) bond motifs is 1. The van der Waals surface area contributed by atoms with Gasteiger partial charge in [0.15, 0.2) is 6.10 Å². The third kappa shape index (κ3) is 2.43. The lowest BCUT2D eigenvalue weighted by molar-refractivity contribution is -0.122. The maximum absolute atomic E-state index is 11.5. The minimum absolute atomic E-state index is 0.0595. The number of hydrogen-bond acceptors (Lipinski definition) is 4. The van der Waals surface area contributed by atoms with Gasteiger partial charge in [0.2, 0.25) is 5.91 Å². The minimum atomic E-state index is -0.511. The fourth-order valence-corrected chi connectivity index (χ4v) is 1.79. The van der Waals surface area contributed by atoms with E-state index in [-0.39, 0.29) is 12.3 Å². The van der Waals surface area contributed by atoms with Gasteiger partial charge in [-0.1, -0.05) is 6.07 Å². The number of carbonyl (C=O) groups excluding carboxylic acids is 2. The molecule has 0 bridgehead atoms. The summed E-state index contributed by atoms with van der Waals surface area (Å²) >= 11 is 0. The van der Waals surface area contributed by atoms with Crippen molar-refractivity contribution < 1.29 is 14.3 Å². The molecule has 0 aromatic heterocycles. The second-order valence-corrected chi connectivity index (χ2v) is 4.28. The van der Waals surface area contributed by atoms with E-state index in [9.17, 15) is 9.59 Å². The Balaban J connectivity index is 2.24. The van der Waals surface area contributed by atoms with E-state index in [4.69, 9.17) is 16.2 Å². The highest BCUT2D eigenvalue weighted by molar-refractivity contribution is 5.97. The van der Waals surface area contributed by atoms with Crippen molar-refractivity contribution >= 4 is 17.5 Å². The lowest BCUT2D eigenvalue weighted by Crippen LogP contribution is -2.34. The number of anilines is 1. The molecule has 2 unspecified atom stereocenters. The van der Waals surface area contributed by atoms with Crippen LogP contribution < -0.4 is 21.5 Å². The zero-order valence-corrected chi connectivity index (χ0v) is 9.97. The summed E-state index contributed by atoms with van der Waals surface area (Å²) in [7, 11) is 0. The lowest BCUT2D eigenvalue weighted by atomic mass is 10.0. The molecule has 1 aromatic rings. The van der Waals surface area contributed by atoms with E-state index in [0.717, 1.165) is 5.56 Å². The first-order valence-corrected chi connectivity index (χ1v) is 5.62. The van der Waals surface area contributed by atoms with Crippen LogP contribution in [0.1, 0.15) is 24.9 Å². The molecule has 1 aromatic carbocycles. The van der Waals surface area contributed by atoms with E-state index >= 15 is 0 Å². The molecule has 1 aliphatic rings. The molecule has 0 fully saturated rings. The van der Waals surface area contributed by atoms with Crippen molar-refractivity contribution in [2.24, 2.45) is 11.5 Å². The predicted molar refractivity (Wildman–Crippen MR) is 65.9 cm³/mol. The summed E-state index contributed by atoms with van der Waals surface area (Å²) in [6.45, 7) is 1.67. The van der Waals surface area contributed by atoms with Gasteiger partial charge >= 0.3 is 0 Å². The lowest BCUT2D eigenvalue weighted by Gasteiger charge is -2.24. The number of hydrogen-bond donors (Lipinski definition) is 3. The first kappa shape index (κ1) is 12.4. The summed E-state index contributed by atoms with van der Waals surface area (Å²) in [5, 5.41) is 2.72. The van der Waals surface area contributed by atoms with Gasteiger partial charge in [0.25, 0.3) is 5.91 Å². The zero-order valence-electron chi connectivity index (χ0n) is 9.97. The van der Waals surface area contributed by atoms with Crippen LogP contribution in [0.25, 0.3) is 0 Å². The summed E-state index contributed by atoms with van der Waals surface area (Å²) in [4.78, 5) is 22.3. The van der Waals surface area contributed by atoms with Gasteiger partial charge < -0.3 is 21.5 Å². The molecule has 6 heteroatoms. The van der Waals surface area contributed by atoms with Crippen LogP contribution in [0.3, 0.4) is 0 Å². The highest BCUT2D eigenvalue weighted by atomic mass is 16.5. The van der Waals surface area contributed by atoms with Crippen molar-refractivity contribution in [2.75, 3.05) is 5.32 Å². The van der Waals surface area contributed by atoms with Crippen LogP contribution in [-0.2, 0) is 9.59 Å². The maximum Gasteiger partial charge on any atom is 0.265 e. The number of primary amides is 1. The monoisotopic (exact) mass is 249 g/mol. The smallest absolute Gasteiger partial charge is 0.265 e. The first-order valence-electron chi connectivity index (χ1n) is 5.62. The molecule has 18 heavy (non-hydrogen) atoms. The number of nitrogens with one attached hydrogen (secondary N) is 1. The third-order valence-corrected chi connectivity index (χ3v) is 2.78. The van der Waals surface area contributed by atoms with Crippen LogP contribution in [0.2, 0.25) is 0 Å². The molecular formula is C12H15N3O3. The fraction of sp³-hybridized carbons (Fsp3) is 0.333. The maximum atomic E-state index is 11.5. The quantitative estimate of drug-likeness (QED) is 0.715. The molecule has 96 valence electrons. The van der Waals surface area contributed by atoms with Crippen LogP contribution in [0.5, 0.6) is 5.75 Å². The molecule has 0 saturated heterocycles. The highest BCUT2D eigenvalue weighted by Crippen LogP contribution is 2.32. The van der Waals surface area contributed by atoms with Crippen molar-refractivity contribution in [3.63, 3.8) is 0 Å². The zero-order chi connectivity index (χ0) is 13.3. The largest absolute Gasteiger partial charge is 0.479 e. The second-order valence-electron chi connectivity index (χ2n) is 4.28. The minimum Gasteiger partial charge on any atom is -0.479 e. The number of nitrogens with two attached hydrogens (primary N) is 2. The van der Waals surface area contributed by atoms with Gasteiger partial charge in [0.1, 0.15) is 5.75 Å². The fourth-order valence-electron chi connectivity index (χ4n) is 1.79. The average molecular weight is 249 g/mol. The van der Waals surface area contributed by atoms with Crippen molar-refractivity contribution in [3.8, 4) is 5.75 Å². The number of ether oxygens (including phenoxy) is 1. The number of carbonyl (C=O) groups is 2. The second kappa shape index (κ2) is 4.66. The molecule has 0 spiro atoms. The average Bonchev–Trinajstić information content (AvgIpc) is 2.29. The van der Waals surface area contributed by atoms with Crippen molar-refractivity contribution in [3.05, 3.63) is 23.8 Å². The van der Waals surface area contributed by atoms with Gasteiger partial charge in [-0.25, -0.2) is 0 Å². The number of amides is 2. The normalized spacial score (nSPS) is 19.4. The molecule has 2 atom stereocenters. The molecule has 5 N–H and O–H groups in total. The summed E-state index contributed by atoms with van der Waals surface area (Å²) in [5.41, 5.74) is 12.2. The van der Waals surface area contributed by atoms with Gasteiger partial charge in [0.05, 0.1) is 5.69 Å². The molecule has 0 aliphatic carbocycles. The van der Waals surface area contributed by atoms with E-state index in [1.165, 1.54) is 0 Å². The molecule has 2 rings (SSSR count). The van der Waals surface area contributed by atoms with Crippen molar-refractivity contribution in [1.82, 2.24) is 0 Å². The number of benzene rings is 1. The Bertz CT molecular complexity index is 501. The highest BCUT2D eigenvalue weighted by Gasteiger charge is 2.24. The van der Waals surface area contributed by atoms with Gasteiger partial charge in [-0.2, -0.15) is 0 Å². The first-order chi connectivity index (χ1) is 8.47. The van der Waals surface area contributed by atoms with Gasteiger partial charge in [0, 0.05) is 12.5 Å². The standard InChI is InChI=1S/C12H15N3O3/c1-6-12(17)15-9-4-7(2-3-10(9)18-6)8(13)5-11(14)16/h2-4,6,8H,5,13H2,1H3,(H2,14,16)(H,15,17). The SMILES string of the molecule is CC1Oc2ccc(C(N)CC(N)=O)cc2NC1=O. The summed E-state index contributed by atoms with van der Waals surface area (Å²) in [5.74, 6) is -0.0747. The molecule has 6 nitrogen and oxygen atoms in total. The third-order valence-electron chi connectivity index (χ3n) is 2.78. The molecule has 1 heterocycles. The Kier molecular flexibility index (Phi) is 3.20. The van der Waals surface area contributed by atoms with E-state index in [2.05, 4.69) is 5.32 Å². The van der Waals surface area contributed by atoms with Crippen LogP contribution in [0, 0.1) is 0 Å². The summed E-state index contributed by atoms with van der Waals surface area (Å²) in [6.07, 6.45) is -0.452. The molecule has 0 saturated carbocycles. The Morgan fingerprint density at radius 1 is 1.56 bits per heavy atom. The molecule has 2 amide bonds.